The van der Waals surface area contributed by atoms with Crippen LogP contribution in [0.3, 0.4) is 0 Å². The molecule has 0 saturated carbocycles. The zero-order chi connectivity index (χ0) is 24.2. The summed E-state index contributed by atoms with van der Waals surface area (Å²) < 4.78 is 32.4. The number of halogens is 2. The van der Waals surface area contributed by atoms with Crippen molar-refractivity contribution in [1.82, 2.24) is 15.0 Å². The Morgan fingerprint density at radius 2 is 1.91 bits per heavy atom. The molecule has 34 heavy (non-hydrogen) atoms. The molecule has 2 aromatic heterocycles. The fourth-order valence-electron chi connectivity index (χ4n) is 3.67. The second-order valence-electron chi connectivity index (χ2n) is 7.90. The third-order valence-electron chi connectivity index (χ3n) is 5.50. The van der Waals surface area contributed by atoms with E-state index < -0.39 is 11.6 Å². The SMILES string of the molecule is CCC(CO)Nc1cc2nc(Cc3ccc(-c4cc(F)cc(F)c4)nc3)[nH]c(=O)c2cc1OC. The molecule has 4 aromatic rings. The molecule has 4 rings (SSSR count). The van der Waals surface area contributed by atoms with Crippen LogP contribution in [0.15, 0.2) is 53.5 Å². The lowest BCUT2D eigenvalue weighted by Gasteiger charge is -2.18. The topological polar surface area (TPSA) is 100 Å². The number of rotatable bonds is 8. The minimum absolute atomic E-state index is 0.0446. The summed E-state index contributed by atoms with van der Waals surface area (Å²) >= 11 is 0. The van der Waals surface area contributed by atoms with Gasteiger partial charge in [-0.1, -0.05) is 13.0 Å². The van der Waals surface area contributed by atoms with Crippen molar-refractivity contribution in [3.05, 3.63) is 82.0 Å². The minimum Gasteiger partial charge on any atom is -0.495 e. The number of nitrogens with one attached hydrogen (secondary N) is 2. The number of aliphatic hydroxyl groups is 1. The number of fused-ring (bicyclic) bond motifs is 1. The Morgan fingerprint density at radius 3 is 2.53 bits per heavy atom. The standard InChI is InChI=1S/C25H24F2N4O3/c1-3-18(13-32)29-22-11-21-19(10-23(22)34-2)25(33)31-24(30-21)6-14-4-5-20(28-12-14)15-7-16(26)9-17(27)8-15/h4-5,7-12,18,29,32H,3,6,13H2,1-2H3,(H,30,31,33). The highest BCUT2D eigenvalue weighted by Gasteiger charge is 2.14. The molecule has 0 aliphatic rings. The lowest BCUT2D eigenvalue weighted by molar-refractivity contribution is 0.271. The predicted molar refractivity (Wildman–Crippen MR) is 126 cm³/mol. The number of aromatic nitrogens is 3. The third-order valence-corrected chi connectivity index (χ3v) is 5.50. The van der Waals surface area contributed by atoms with Crippen molar-refractivity contribution in [2.24, 2.45) is 0 Å². The molecule has 0 bridgehead atoms. The fraction of sp³-hybridized carbons (Fsp3) is 0.240. The highest BCUT2D eigenvalue weighted by molar-refractivity contribution is 5.85. The number of hydrogen-bond donors (Lipinski definition) is 3. The van der Waals surface area contributed by atoms with Gasteiger partial charge in [-0.15, -0.1) is 0 Å². The van der Waals surface area contributed by atoms with Crippen LogP contribution in [-0.4, -0.2) is 39.8 Å². The van der Waals surface area contributed by atoms with Gasteiger partial charge in [0, 0.05) is 30.3 Å². The number of nitrogens with zero attached hydrogens (tertiary/aromatic N) is 2. The van der Waals surface area contributed by atoms with Crippen LogP contribution in [0.2, 0.25) is 0 Å². The summed E-state index contributed by atoms with van der Waals surface area (Å²) in [4.78, 5) is 24.4. The van der Waals surface area contributed by atoms with E-state index >= 15 is 0 Å². The quantitative estimate of drug-likeness (QED) is 0.362. The van der Waals surface area contributed by atoms with Crippen molar-refractivity contribution in [3.63, 3.8) is 0 Å². The molecule has 2 heterocycles. The maximum atomic E-state index is 13.5. The van der Waals surface area contributed by atoms with Gasteiger partial charge >= 0.3 is 0 Å². The summed E-state index contributed by atoms with van der Waals surface area (Å²) in [6.45, 7) is 1.91. The molecule has 9 heteroatoms. The van der Waals surface area contributed by atoms with Crippen LogP contribution < -0.4 is 15.6 Å². The third kappa shape index (κ3) is 5.04. The Labute approximate surface area is 194 Å². The predicted octanol–water partition coefficient (Wildman–Crippen LogP) is 4.05. The van der Waals surface area contributed by atoms with Gasteiger partial charge in [-0.05, 0) is 42.3 Å². The zero-order valence-electron chi connectivity index (χ0n) is 18.7. The van der Waals surface area contributed by atoms with E-state index in [1.54, 1.807) is 30.5 Å². The molecule has 0 amide bonds. The largest absolute Gasteiger partial charge is 0.495 e. The molecule has 0 spiro atoms. The van der Waals surface area contributed by atoms with E-state index in [1.807, 2.05) is 6.92 Å². The van der Waals surface area contributed by atoms with Crippen LogP contribution in [0.4, 0.5) is 14.5 Å². The molecule has 0 radical (unpaired) electrons. The first kappa shape index (κ1) is 23.3. The number of benzene rings is 2. The summed E-state index contributed by atoms with van der Waals surface area (Å²) in [5.74, 6) is -0.427. The lowest BCUT2D eigenvalue weighted by Crippen LogP contribution is -2.23. The maximum Gasteiger partial charge on any atom is 0.258 e. The molecule has 3 N–H and O–H groups in total. The highest BCUT2D eigenvalue weighted by Crippen LogP contribution is 2.29. The monoisotopic (exact) mass is 466 g/mol. The second-order valence-corrected chi connectivity index (χ2v) is 7.90. The van der Waals surface area contributed by atoms with Gasteiger partial charge in [-0.2, -0.15) is 0 Å². The summed E-state index contributed by atoms with van der Waals surface area (Å²) in [5.41, 5.74) is 2.34. The van der Waals surface area contributed by atoms with E-state index in [1.165, 1.54) is 19.2 Å². The zero-order valence-corrected chi connectivity index (χ0v) is 18.7. The molecule has 7 nitrogen and oxygen atoms in total. The number of aliphatic hydroxyl groups excluding tert-OH is 1. The number of ether oxygens (including phenoxy) is 1. The number of pyridine rings is 1. The van der Waals surface area contributed by atoms with E-state index in [0.717, 1.165) is 11.6 Å². The average molecular weight is 466 g/mol. The molecular weight excluding hydrogens is 442 g/mol. The van der Waals surface area contributed by atoms with E-state index in [4.69, 9.17) is 4.74 Å². The van der Waals surface area contributed by atoms with Gasteiger partial charge in [0.2, 0.25) is 0 Å². The van der Waals surface area contributed by atoms with Crippen molar-refractivity contribution < 1.29 is 18.6 Å². The summed E-state index contributed by atoms with van der Waals surface area (Å²) in [7, 11) is 1.51. The number of hydrogen-bond acceptors (Lipinski definition) is 6. The van der Waals surface area contributed by atoms with Crippen molar-refractivity contribution in [2.45, 2.75) is 25.8 Å². The first-order valence-corrected chi connectivity index (χ1v) is 10.8. The average Bonchev–Trinajstić information content (AvgIpc) is 2.82. The highest BCUT2D eigenvalue weighted by atomic mass is 19.1. The van der Waals surface area contributed by atoms with E-state index in [-0.39, 0.29) is 18.2 Å². The van der Waals surface area contributed by atoms with Crippen molar-refractivity contribution in [3.8, 4) is 17.0 Å². The Hall–Kier alpha value is -3.85. The Bertz CT molecular complexity index is 1350. The van der Waals surface area contributed by atoms with Gasteiger partial charge < -0.3 is 20.1 Å². The van der Waals surface area contributed by atoms with Gasteiger partial charge in [0.25, 0.3) is 5.56 Å². The number of aromatic amines is 1. The number of methoxy groups -OCH3 is 1. The molecule has 2 aromatic carbocycles. The molecular formula is C25H24F2N4O3. The summed E-state index contributed by atoms with van der Waals surface area (Å²) in [6.07, 6.45) is 2.59. The molecule has 0 saturated heterocycles. The smallest absolute Gasteiger partial charge is 0.258 e. The molecule has 1 atom stereocenters. The summed E-state index contributed by atoms with van der Waals surface area (Å²) in [6, 6.07) is 9.85. The lowest BCUT2D eigenvalue weighted by atomic mass is 10.1. The normalized spacial score (nSPS) is 12.0. The van der Waals surface area contributed by atoms with Crippen molar-refractivity contribution >= 4 is 16.6 Å². The number of anilines is 1. The van der Waals surface area contributed by atoms with E-state index in [2.05, 4.69) is 20.3 Å². The van der Waals surface area contributed by atoms with E-state index in [0.29, 0.717) is 52.3 Å². The molecule has 176 valence electrons. The Balaban J connectivity index is 1.63. The number of H-pyrrole nitrogens is 1. The first-order valence-electron chi connectivity index (χ1n) is 10.8. The van der Waals surface area contributed by atoms with Crippen LogP contribution in [0.1, 0.15) is 24.7 Å². The Morgan fingerprint density at radius 1 is 1.15 bits per heavy atom. The molecule has 0 aliphatic heterocycles. The van der Waals surface area contributed by atoms with Crippen LogP contribution in [0.5, 0.6) is 5.75 Å². The van der Waals surface area contributed by atoms with Gasteiger partial charge in [-0.25, -0.2) is 13.8 Å². The first-order chi connectivity index (χ1) is 16.4. The van der Waals surface area contributed by atoms with Crippen LogP contribution in [-0.2, 0) is 6.42 Å². The Kier molecular flexibility index (Phi) is 6.83. The van der Waals surface area contributed by atoms with Crippen LogP contribution in [0, 0.1) is 11.6 Å². The molecule has 0 aliphatic carbocycles. The van der Waals surface area contributed by atoms with Crippen LogP contribution >= 0.6 is 0 Å². The molecule has 0 fully saturated rings. The van der Waals surface area contributed by atoms with Gasteiger partial charge in [0.05, 0.1) is 36.0 Å². The molecule has 1 unspecified atom stereocenters. The van der Waals surface area contributed by atoms with Crippen molar-refractivity contribution in [1.29, 1.82) is 0 Å². The van der Waals surface area contributed by atoms with Gasteiger partial charge in [-0.3, -0.25) is 9.78 Å². The van der Waals surface area contributed by atoms with Gasteiger partial charge in [0.1, 0.15) is 23.2 Å². The van der Waals surface area contributed by atoms with Crippen LogP contribution in [0.25, 0.3) is 22.2 Å². The minimum atomic E-state index is -0.673. The van der Waals surface area contributed by atoms with Crippen molar-refractivity contribution in [2.75, 3.05) is 19.0 Å². The fourth-order valence-corrected chi connectivity index (χ4v) is 3.67. The summed E-state index contributed by atoms with van der Waals surface area (Å²) in [5, 5.41) is 13.1. The maximum absolute atomic E-state index is 13.5. The van der Waals surface area contributed by atoms with Gasteiger partial charge in [0.15, 0.2) is 0 Å². The van der Waals surface area contributed by atoms with E-state index in [9.17, 15) is 18.7 Å². The second kappa shape index (κ2) is 9.96.